The molecule has 1 aromatic carbocycles. The fraction of sp³-hybridized carbons (Fsp3) is 0.235. The van der Waals surface area contributed by atoms with Crippen LogP contribution in [0.4, 0.5) is 14.9 Å². The summed E-state index contributed by atoms with van der Waals surface area (Å²) in [6.45, 7) is -0.523. The maximum atomic E-state index is 14.8. The summed E-state index contributed by atoms with van der Waals surface area (Å²) >= 11 is 0. The molecule has 3 aromatic rings. The van der Waals surface area contributed by atoms with E-state index >= 15 is 0 Å². The van der Waals surface area contributed by atoms with E-state index in [2.05, 4.69) is 24.9 Å². The third-order valence-electron chi connectivity index (χ3n) is 4.38. The maximum absolute atomic E-state index is 14.8. The summed E-state index contributed by atoms with van der Waals surface area (Å²) in [6.07, 6.45) is -0.188. The van der Waals surface area contributed by atoms with E-state index in [9.17, 15) is 13.8 Å². The predicted molar refractivity (Wildman–Crippen MR) is 103 cm³/mol. The Morgan fingerprint density at radius 1 is 1.32 bits per heavy atom. The largest absolute Gasteiger partial charge is 0.469 e. The van der Waals surface area contributed by atoms with Crippen LogP contribution in [0.1, 0.15) is 0 Å². The highest BCUT2D eigenvalue weighted by Gasteiger charge is 2.34. The second-order valence-corrected chi connectivity index (χ2v) is 7.84. The molecule has 3 heterocycles. The topological polar surface area (TPSA) is 153 Å². The minimum Gasteiger partial charge on any atom is -0.441 e. The number of aromatic nitrogens is 5. The lowest BCUT2D eigenvalue weighted by atomic mass is 10.1. The summed E-state index contributed by atoms with van der Waals surface area (Å²) in [4.78, 5) is 36.3. The van der Waals surface area contributed by atoms with Crippen molar-refractivity contribution in [3.63, 3.8) is 0 Å². The number of benzene rings is 1. The Morgan fingerprint density at radius 2 is 2.13 bits per heavy atom. The Labute approximate surface area is 174 Å². The molecule has 1 fully saturated rings. The van der Waals surface area contributed by atoms with E-state index in [4.69, 9.17) is 14.5 Å². The molecule has 0 saturated carbocycles. The molecule has 2 N–H and O–H groups in total. The van der Waals surface area contributed by atoms with Crippen LogP contribution in [-0.4, -0.2) is 60.3 Å². The molecule has 12 nitrogen and oxygen atoms in total. The molecule has 2 aromatic heterocycles. The molecule has 0 unspecified atom stereocenters. The maximum Gasteiger partial charge on any atom is 0.469 e. The van der Waals surface area contributed by atoms with Crippen LogP contribution in [0.2, 0.25) is 0 Å². The lowest BCUT2D eigenvalue weighted by Crippen LogP contribution is -2.25. The first-order valence-corrected chi connectivity index (χ1v) is 10.4. The number of anilines is 1. The Balaban J connectivity index is 1.49. The molecule has 0 spiro atoms. The number of halogens is 1. The molecule has 1 aliphatic heterocycles. The van der Waals surface area contributed by atoms with Gasteiger partial charge in [-0.1, -0.05) is 6.07 Å². The van der Waals surface area contributed by atoms with E-state index < -0.39 is 32.4 Å². The summed E-state index contributed by atoms with van der Waals surface area (Å²) in [5, 5.41) is 11.7. The average molecular weight is 450 g/mol. The number of hydrogen-bond donors (Lipinski definition) is 2. The molecule has 14 heteroatoms. The number of rotatable bonds is 6. The fourth-order valence-electron chi connectivity index (χ4n) is 2.98. The standard InChI is InChI=1S/C17H16FN6O6P/c1-23-21-16(20-22-23)15-5-2-10(7-19-15)13-4-3-11(6-14(13)18)24-8-12(30-17(24)25)9-29-31(26,27)28/h2-7,12H,8-9H2,1H3,(H2,26,27,28)/t12-/m0/s1. The second kappa shape index (κ2) is 8.12. The van der Waals surface area contributed by atoms with Crippen molar-refractivity contribution in [2.24, 2.45) is 7.05 Å². The van der Waals surface area contributed by atoms with Gasteiger partial charge in [0.15, 0.2) is 0 Å². The van der Waals surface area contributed by atoms with Crippen LogP contribution in [0.15, 0.2) is 36.5 Å². The molecular formula is C17H16FN6O6P. The van der Waals surface area contributed by atoms with E-state index in [1.165, 1.54) is 29.2 Å². The van der Waals surface area contributed by atoms with Gasteiger partial charge in [-0.25, -0.2) is 13.8 Å². The van der Waals surface area contributed by atoms with Gasteiger partial charge in [0, 0.05) is 17.3 Å². The van der Waals surface area contributed by atoms with Crippen LogP contribution in [-0.2, 0) is 20.9 Å². The Kier molecular flexibility index (Phi) is 5.50. The van der Waals surface area contributed by atoms with Gasteiger partial charge < -0.3 is 14.5 Å². The highest BCUT2D eigenvalue weighted by atomic mass is 31.2. The normalized spacial score (nSPS) is 16.6. The Hall–Kier alpha value is -3.25. The second-order valence-electron chi connectivity index (χ2n) is 6.60. The van der Waals surface area contributed by atoms with Crippen molar-refractivity contribution >= 4 is 19.6 Å². The zero-order chi connectivity index (χ0) is 22.2. The van der Waals surface area contributed by atoms with Crippen molar-refractivity contribution in [3.8, 4) is 22.6 Å². The number of hydrogen-bond acceptors (Lipinski definition) is 8. The molecular weight excluding hydrogens is 434 g/mol. The highest BCUT2D eigenvalue weighted by Crippen LogP contribution is 2.37. The van der Waals surface area contributed by atoms with Crippen molar-refractivity contribution in [2.45, 2.75) is 6.10 Å². The SMILES string of the molecule is Cn1nnc(-c2ccc(-c3ccc(N4C[C@@H](COP(=O)(O)O)OC4=O)cc3F)cn2)n1. The zero-order valence-corrected chi connectivity index (χ0v) is 16.9. The Morgan fingerprint density at radius 3 is 2.74 bits per heavy atom. The van der Waals surface area contributed by atoms with Crippen LogP contribution in [0.5, 0.6) is 0 Å². The predicted octanol–water partition coefficient (Wildman–Crippen LogP) is 1.51. The number of carbonyl (C=O) groups excluding carboxylic acids is 1. The molecule has 162 valence electrons. The van der Waals surface area contributed by atoms with Gasteiger partial charge in [0.05, 0.1) is 25.9 Å². The van der Waals surface area contributed by atoms with Gasteiger partial charge in [-0.05, 0) is 29.5 Å². The van der Waals surface area contributed by atoms with Gasteiger partial charge in [-0.15, -0.1) is 10.2 Å². The summed E-state index contributed by atoms with van der Waals surface area (Å²) in [6, 6.07) is 7.50. The summed E-state index contributed by atoms with van der Waals surface area (Å²) in [5.41, 5.74) is 1.49. The van der Waals surface area contributed by atoms with Gasteiger partial charge in [0.1, 0.15) is 17.6 Å². The number of ether oxygens (including phenoxy) is 1. The van der Waals surface area contributed by atoms with Crippen LogP contribution in [0.3, 0.4) is 0 Å². The molecule has 1 atom stereocenters. The summed E-state index contributed by atoms with van der Waals surface area (Å²) in [5.74, 6) is -0.248. The smallest absolute Gasteiger partial charge is 0.441 e. The number of phosphoric acid groups is 1. The summed E-state index contributed by atoms with van der Waals surface area (Å²) < 4.78 is 34.9. The Bertz CT molecular complexity index is 1170. The molecule has 0 radical (unpaired) electrons. The lowest BCUT2D eigenvalue weighted by Gasteiger charge is -2.14. The quantitative estimate of drug-likeness (QED) is 0.529. The third-order valence-corrected chi connectivity index (χ3v) is 4.86. The molecule has 1 amide bonds. The van der Waals surface area contributed by atoms with E-state index in [1.54, 1.807) is 19.2 Å². The first-order valence-electron chi connectivity index (χ1n) is 8.88. The minimum atomic E-state index is -4.69. The summed E-state index contributed by atoms with van der Waals surface area (Å²) in [7, 11) is -3.06. The molecule has 0 aliphatic carbocycles. The number of phosphoric ester groups is 1. The number of pyridine rings is 1. The van der Waals surface area contributed by atoms with E-state index in [0.717, 1.165) is 4.90 Å². The number of cyclic esters (lactones) is 1. The number of carbonyl (C=O) groups is 1. The molecule has 1 saturated heterocycles. The van der Waals surface area contributed by atoms with E-state index in [-0.39, 0.29) is 17.8 Å². The van der Waals surface area contributed by atoms with Gasteiger partial charge >= 0.3 is 13.9 Å². The van der Waals surface area contributed by atoms with Gasteiger partial charge in [-0.3, -0.25) is 14.4 Å². The molecule has 31 heavy (non-hydrogen) atoms. The zero-order valence-electron chi connectivity index (χ0n) is 16.0. The monoisotopic (exact) mass is 450 g/mol. The number of aryl methyl sites for hydroxylation is 1. The van der Waals surface area contributed by atoms with Crippen LogP contribution in [0.25, 0.3) is 22.6 Å². The minimum absolute atomic E-state index is 0.0427. The van der Waals surface area contributed by atoms with Crippen LogP contribution < -0.4 is 4.90 Å². The fourth-order valence-corrected chi connectivity index (χ4v) is 3.34. The molecule has 1 aliphatic rings. The first-order chi connectivity index (χ1) is 14.7. The van der Waals surface area contributed by atoms with E-state index in [1.807, 2.05) is 0 Å². The molecule has 4 rings (SSSR count). The van der Waals surface area contributed by atoms with Gasteiger partial charge in [0.25, 0.3) is 0 Å². The van der Waals surface area contributed by atoms with Gasteiger partial charge in [-0.2, -0.15) is 4.80 Å². The number of nitrogens with zero attached hydrogens (tertiary/aromatic N) is 6. The lowest BCUT2D eigenvalue weighted by molar-refractivity contribution is 0.0880. The molecule has 0 bridgehead atoms. The first kappa shape index (κ1) is 21.0. The van der Waals surface area contributed by atoms with Gasteiger partial charge in [0.2, 0.25) is 5.82 Å². The number of tetrazole rings is 1. The van der Waals surface area contributed by atoms with Crippen molar-refractivity contribution in [2.75, 3.05) is 18.1 Å². The van der Waals surface area contributed by atoms with Crippen molar-refractivity contribution in [3.05, 3.63) is 42.3 Å². The number of amides is 1. The van der Waals surface area contributed by atoms with Crippen molar-refractivity contribution in [1.82, 2.24) is 25.2 Å². The van der Waals surface area contributed by atoms with Crippen LogP contribution >= 0.6 is 7.82 Å². The van der Waals surface area contributed by atoms with E-state index in [0.29, 0.717) is 17.1 Å². The highest BCUT2D eigenvalue weighted by molar-refractivity contribution is 7.46. The van der Waals surface area contributed by atoms with Crippen molar-refractivity contribution < 1.29 is 32.8 Å². The van der Waals surface area contributed by atoms with Crippen LogP contribution in [0, 0.1) is 5.82 Å². The average Bonchev–Trinajstić information content (AvgIpc) is 3.31. The van der Waals surface area contributed by atoms with Crippen molar-refractivity contribution in [1.29, 1.82) is 0 Å². The third kappa shape index (κ3) is 4.75.